The number of hydrogen-bond acceptors (Lipinski definition) is 2. The van der Waals surface area contributed by atoms with E-state index >= 15 is 0 Å². The molecule has 1 rings (SSSR count). The van der Waals surface area contributed by atoms with Crippen molar-refractivity contribution in [1.29, 1.82) is 0 Å². The molecular weight excluding hydrogens is 198 g/mol. The fraction of sp³-hybridized carbons (Fsp3) is 0.714. The molecule has 0 radical (unpaired) electrons. The van der Waals surface area contributed by atoms with Gasteiger partial charge in [0.05, 0.1) is 6.10 Å². The molecule has 0 saturated heterocycles. The van der Waals surface area contributed by atoms with Crippen molar-refractivity contribution in [3.63, 3.8) is 0 Å². The summed E-state index contributed by atoms with van der Waals surface area (Å²) < 4.78 is 0. The Bertz CT molecular complexity index is 219. The van der Waals surface area contributed by atoms with Crippen LogP contribution in [0.1, 0.15) is 47.0 Å². The molecule has 1 aliphatic heterocycles. The smallest absolute Gasteiger partial charge is 0.0528 e. The summed E-state index contributed by atoms with van der Waals surface area (Å²) in [4.78, 5) is 2.28. The van der Waals surface area contributed by atoms with Gasteiger partial charge in [0.15, 0.2) is 0 Å². The van der Waals surface area contributed by atoms with Gasteiger partial charge in [0.2, 0.25) is 0 Å². The van der Waals surface area contributed by atoms with Crippen LogP contribution in [0.3, 0.4) is 0 Å². The second-order valence-electron chi connectivity index (χ2n) is 3.91. The number of allylic oxidation sites excluding steroid dienone is 2. The van der Waals surface area contributed by atoms with Crippen molar-refractivity contribution in [3.8, 4) is 0 Å². The van der Waals surface area contributed by atoms with E-state index in [1.807, 2.05) is 20.8 Å². The van der Waals surface area contributed by atoms with Crippen molar-refractivity contribution < 1.29 is 5.11 Å². The minimum Gasteiger partial charge on any atom is -0.393 e. The number of nitrogens with zero attached hydrogens (tertiary/aromatic N) is 1. The molecule has 16 heavy (non-hydrogen) atoms. The van der Waals surface area contributed by atoms with Crippen molar-refractivity contribution in [3.05, 3.63) is 23.9 Å². The Balaban J connectivity index is 0.00000106. The van der Waals surface area contributed by atoms with Gasteiger partial charge in [-0.1, -0.05) is 32.4 Å². The molecule has 0 spiro atoms. The highest BCUT2D eigenvalue weighted by Crippen LogP contribution is 2.11. The molecule has 94 valence electrons. The first-order valence-corrected chi connectivity index (χ1v) is 6.51. The highest BCUT2D eigenvalue weighted by atomic mass is 16.3. The lowest BCUT2D eigenvalue weighted by atomic mass is 10.2. The predicted molar refractivity (Wildman–Crippen MR) is 71.3 cm³/mol. The average molecular weight is 225 g/mol. The molecular formula is C14H27NO. The summed E-state index contributed by atoms with van der Waals surface area (Å²) in [7, 11) is 0. The summed E-state index contributed by atoms with van der Waals surface area (Å²) >= 11 is 0. The minimum atomic E-state index is -0.190. The Morgan fingerprint density at radius 2 is 2.12 bits per heavy atom. The fourth-order valence-electron chi connectivity index (χ4n) is 1.56. The van der Waals surface area contributed by atoms with Crippen LogP contribution in [0.5, 0.6) is 0 Å². The molecule has 2 heteroatoms. The van der Waals surface area contributed by atoms with Gasteiger partial charge in [0, 0.05) is 13.1 Å². The van der Waals surface area contributed by atoms with E-state index in [0.717, 1.165) is 32.4 Å². The minimum absolute atomic E-state index is 0.190. The maximum Gasteiger partial charge on any atom is 0.0528 e. The molecule has 0 aromatic carbocycles. The normalized spacial score (nSPS) is 17.1. The van der Waals surface area contributed by atoms with Crippen molar-refractivity contribution in [2.75, 3.05) is 13.1 Å². The van der Waals surface area contributed by atoms with Gasteiger partial charge in [0.1, 0.15) is 0 Å². The molecule has 0 saturated carbocycles. The summed E-state index contributed by atoms with van der Waals surface area (Å²) in [6.45, 7) is 10.1. The van der Waals surface area contributed by atoms with E-state index in [-0.39, 0.29) is 6.10 Å². The summed E-state index contributed by atoms with van der Waals surface area (Å²) in [5.74, 6) is 0. The van der Waals surface area contributed by atoms with Gasteiger partial charge in [-0.25, -0.2) is 0 Å². The maximum absolute atomic E-state index is 9.19. The third-order valence-electron chi connectivity index (χ3n) is 2.56. The first kappa shape index (κ1) is 15.2. The molecule has 1 aliphatic rings. The zero-order valence-corrected chi connectivity index (χ0v) is 11.2. The second-order valence-corrected chi connectivity index (χ2v) is 3.91. The largest absolute Gasteiger partial charge is 0.393 e. The highest BCUT2D eigenvalue weighted by Gasteiger charge is 2.04. The van der Waals surface area contributed by atoms with Crippen LogP contribution in [-0.2, 0) is 0 Å². The molecule has 0 unspecified atom stereocenters. The van der Waals surface area contributed by atoms with Crippen LogP contribution < -0.4 is 0 Å². The Hall–Kier alpha value is -0.760. The lowest BCUT2D eigenvalue weighted by Crippen LogP contribution is -2.21. The summed E-state index contributed by atoms with van der Waals surface area (Å²) in [6.07, 6.45) is 9.55. The van der Waals surface area contributed by atoms with Gasteiger partial charge in [0.25, 0.3) is 0 Å². The SMILES string of the molecule is CC.CCC1=CCCN(CC[C@@H](C)O)C=C1. The van der Waals surface area contributed by atoms with Crippen LogP contribution in [0.4, 0.5) is 0 Å². The van der Waals surface area contributed by atoms with Crippen LogP contribution in [0.25, 0.3) is 0 Å². The summed E-state index contributed by atoms with van der Waals surface area (Å²) in [5, 5.41) is 9.19. The Morgan fingerprint density at radius 1 is 1.44 bits per heavy atom. The number of aliphatic hydroxyl groups is 1. The van der Waals surface area contributed by atoms with Crippen molar-refractivity contribution in [1.82, 2.24) is 4.90 Å². The third kappa shape index (κ3) is 6.67. The Labute approximate surface area is 101 Å². The van der Waals surface area contributed by atoms with Crippen LogP contribution in [0.2, 0.25) is 0 Å². The summed E-state index contributed by atoms with van der Waals surface area (Å²) in [5.41, 5.74) is 1.42. The maximum atomic E-state index is 9.19. The van der Waals surface area contributed by atoms with Crippen molar-refractivity contribution in [2.24, 2.45) is 0 Å². The molecule has 0 aromatic rings. The van der Waals surface area contributed by atoms with E-state index in [9.17, 15) is 5.11 Å². The molecule has 1 heterocycles. The Morgan fingerprint density at radius 3 is 2.69 bits per heavy atom. The molecule has 0 fully saturated rings. The van der Waals surface area contributed by atoms with Gasteiger partial charge >= 0.3 is 0 Å². The zero-order valence-electron chi connectivity index (χ0n) is 11.2. The lowest BCUT2D eigenvalue weighted by Gasteiger charge is -2.19. The van der Waals surface area contributed by atoms with E-state index in [1.165, 1.54) is 5.57 Å². The van der Waals surface area contributed by atoms with Crippen LogP contribution in [0.15, 0.2) is 23.9 Å². The molecule has 0 bridgehead atoms. The first-order chi connectivity index (χ1) is 7.72. The van der Waals surface area contributed by atoms with E-state index in [4.69, 9.17) is 0 Å². The zero-order chi connectivity index (χ0) is 12.4. The van der Waals surface area contributed by atoms with Crippen molar-refractivity contribution >= 4 is 0 Å². The number of hydrogen-bond donors (Lipinski definition) is 1. The monoisotopic (exact) mass is 225 g/mol. The standard InChI is InChI=1S/C12H21NO.C2H6/c1-3-12-5-4-8-13(10-7-12)9-6-11(2)14;1-2/h5,7,10-11,14H,3-4,6,8-9H2,1-2H3;1-2H3/t11-;/m1./s1. The lowest BCUT2D eigenvalue weighted by molar-refractivity contribution is 0.169. The third-order valence-corrected chi connectivity index (χ3v) is 2.56. The van der Waals surface area contributed by atoms with E-state index in [2.05, 4.69) is 30.2 Å². The second kappa shape index (κ2) is 9.46. The molecule has 2 nitrogen and oxygen atoms in total. The highest BCUT2D eigenvalue weighted by molar-refractivity contribution is 5.19. The van der Waals surface area contributed by atoms with Crippen LogP contribution in [0, 0.1) is 0 Å². The van der Waals surface area contributed by atoms with Crippen LogP contribution >= 0.6 is 0 Å². The van der Waals surface area contributed by atoms with Crippen molar-refractivity contribution in [2.45, 2.75) is 53.1 Å². The quantitative estimate of drug-likeness (QED) is 0.793. The van der Waals surface area contributed by atoms with Gasteiger partial charge in [-0.3, -0.25) is 0 Å². The van der Waals surface area contributed by atoms with Gasteiger partial charge in [-0.05, 0) is 38.5 Å². The average Bonchev–Trinajstić information content (AvgIpc) is 2.54. The molecule has 1 N–H and O–H groups in total. The predicted octanol–water partition coefficient (Wildman–Crippen LogP) is 3.34. The van der Waals surface area contributed by atoms with Gasteiger partial charge in [-0.2, -0.15) is 0 Å². The van der Waals surface area contributed by atoms with Crippen LogP contribution in [-0.4, -0.2) is 29.2 Å². The first-order valence-electron chi connectivity index (χ1n) is 6.51. The molecule has 0 aliphatic carbocycles. The van der Waals surface area contributed by atoms with Gasteiger partial charge in [-0.15, -0.1) is 0 Å². The molecule has 0 amide bonds. The summed E-state index contributed by atoms with van der Waals surface area (Å²) in [6, 6.07) is 0. The fourth-order valence-corrected chi connectivity index (χ4v) is 1.56. The number of aliphatic hydroxyl groups excluding tert-OH is 1. The Kier molecular flexibility index (Phi) is 9.02. The molecule has 1 atom stereocenters. The van der Waals surface area contributed by atoms with E-state index < -0.39 is 0 Å². The topological polar surface area (TPSA) is 23.5 Å². The number of rotatable bonds is 4. The van der Waals surface area contributed by atoms with Gasteiger partial charge < -0.3 is 10.0 Å². The molecule has 0 aromatic heterocycles. The van der Waals surface area contributed by atoms with E-state index in [1.54, 1.807) is 0 Å². The van der Waals surface area contributed by atoms with E-state index in [0.29, 0.717) is 0 Å².